The molecule has 0 aromatic heterocycles. The first-order chi connectivity index (χ1) is 5.46. The van der Waals surface area contributed by atoms with Gasteiger partial charge in [-0.25, -0.2) is 0 Å². The van der Waals surface area contributed by atoms with Crippen molar-refractivity contribution in [3.8, 4) is 0 Å². The molecule has 0 bridgehead atoms. The molecule has 0 aromatic rings. The van der Waals surface area contributed by atoms with Gasteiger partial charge < -0.3 is 15.0 Å². The third-order valence-electron chi connectivity index (χ3n) is 1.82. The van der Waals surface area contributed by atoms with Crippen LogP contribution in [0.2, 0.25) is 0 Å². The Morgan fingerprint density at radius 1 is 1.58 bits per heavy atom. The molecule has 0 aromatic carbocycles. The summed E-state index contributed by atoms with van der Waals surface area (Å²) in [6.07, 6.45) is 0. The molecule has 0 rings (SSSR count). The molecule has 72 valence electrons. The van der Waals surface area contributed by atoms with Crippen LogP contribution in [0.4, 0.5) is 0 Å². The number of rotatable bonds is 4. The highest BCUT2D eigenvalue weighted by Crippen LogP contribution is 2.06. The van der Waals surface area contributed by atoms with Crippen LogP contribution in [0.3, 0.4) is 0 Å². The SMILES string of the molecule is CN[C@](C)(CN(C)C)C(=O)OC. The zero-order valence-electron chi connectivity index (χ0n) is 8.47. The molecule has 1 atom stereocenters. The molecule has 0 aliphatic heterocycles. The van der Waals surface area contributed by atoms with Crippen LogP contribution in [-0.2, 0) is 9.53 Å². The van der Waals surface area contributed by atoms with Crippen molar-refractivity contribution in [2.24, 2.45) is 0 Å². The van der Waals surface area contributed by atoms with E-state index in [9.17, 15) is 4.79 Å². The number of nitrogens with zero attached hydrogens (tertiary/aromatic N) is 1. The van der Waals surface area contributed by atoms with E-state index >= 15 is 0 Å². The van der Waals surface area contributed by atoms with Gasteiger partial charge >= 0.3 is 5.97 Å². The molecular formula is C8H18N2O2. The number of likely N-dealkylation sites (N-methyl/N-ethyl adjacent to an activating group) is 2. The van der Waals surface area contributed by atoms with Gasteiger partial charge in [-0.05, 0) is 28.1 Å². The highest BCUT2D eigenvalue weighted by Gasteiger charge is 2.32. The Morgan fingerprint density at radius 2 is 2.08 bits per heavy atom. The molecule has 0 saturated heterocycles. The second kappa shape index (κ2) is 4.42. The Hall–Kier alpha value is -0.610. The minimum atomic E-state index is -0.613. The maximum Gasteiger partial charge on any atom is 0.327 e. The van der Waals surface area contributed by atoms with Crippen LogP contribution >= 0.6 is 0 Å². The van der Waals surface area contributed by atoms with E-state index in [1.807, 2.05) is 25.9 Å². The summed E-state index contributed by atoms with van der Waals surface area (Å²) < 4.78 is 4.68. The molecule has 0 fully saturated rings. The largest absolute Gasteiger partial charge is 0.468 e. The minimum Gasteiger partial charge on any atom is -0.468 e. The number of nitrogens with one attached hydrogen (secondary N) is 1. The Kier molecular flexibility index (Phi) is 4.20. The van der Waals surface area contributed by atoms with Gasteiger partial charge in [-0.3, -0.25) is 4.79 Å². The van der Waals surface area contributed by atoms with Crippen LogP contribution in [0.1, 0.15) is 6.92 Å². The first-order valence-electron chi connectivity index (χ1n) is 3.88. The fourth-order valence-corrected chi connectivity index (χ4v) is 1.10. The molecule has 4 nitrogen and oxygen atoms in total. The lowest BCUT2D eigenvalue weighted by Gasteiger charge is -2.28. The molecular weight excluding hydrogens is 156 g/mol. The first kappa shape index (κ1) is 11.4. The number of esters is 1. The standard InChI is InChI=1S/C8H18N2O2/c1-8(9-2,6-10(3)4)7(11)12-5/h9H,6H2,1-5H3/t8-/m1/s1. The Balaban J connectivity index is 4.33. The number of hydrogen-bond donors (Lipinski definition) is 1. The van der Waals surface area contributed by atoms with E-state index in [0.29, 0.717) is 6.54 Å². The predicted molar refractivity (Wildman–Crippen MR) is 48.0 cm³/mol. The molecule has 0 saturated carbocycles. The lowest BCUT2D eigenvalue weighted by atomic mass is 10.0. The van der Waals surface area contributed by atoms with Gasteiger partial charge in [0, 0.05) is 6.54 Å². The average Bonchev–Trinajstić information content (AvgIpc) is 2.01. The fraction of sp³-hybridized carbons (Fsp3) is 0.875. The lowest BCUT2D eigenvalue weighted by Crippen LogP contribution is -2.54. The Morgan fingerprint density at radius 3 is 2.33 bits per heavy atom. The lowest BCUT2D eigenvalue weighted by molar-refractivity contribution is -0.148. The summed E-state index contributed by atoms with van der Waals surface area (Å²) >= 11 is 0. The molecule has 4 heteroatoms. The molecule has 0 unspecified atom stereocenters. The quantitative estimate of drug-likeness (QED) is 0.594. The van der Waals surface area contributed by atoms with Gasteiger partial charge in [0.15, 0.2) is 0 Å². The second-order valence-electron chi connectivity index (χ2n) is 3.31. The van der Waals surface area contributed by atoms with Crippen LogP contribution < -0.4 is 5.32 Å². The number of methoxy groups -OCH3 is 1. The molecule has 12 heavy (non-hydrogen) atoms. The summed E-state index contributed by atoms with van der Waals surface area (Å²) in [6.45, 7) is 2.44. The Bertz CT molecular complexity index is 159. The number of carbonyl (C=O) groups is 1. The number of carbonyl (C=O) groups excluding carboxylic acids is 1. The van der Waals surface area contributed by atoms with Crippen molar-refractivity contribution < 1.29 is 9.53 Å². The molecule has 0 radical (unpaired) electrons. The molecule has 0 aliphatic rings. The van der Waals surface area contributed by atoms with Crippen molar-refractivity contribution in [1.29, 1.82) is 0 Å². The maximum atomic E-state index is 11.3. The van der Waals surface area contributed by atoms with Gasteiger partial charge in [0.2, 0.25) is 0 Å². The van der Waals surface area contributed by atoms with Gasteiger partial charge in [-0.1, -0.05) is 0 Å². The number of ether oxygens (including phenoxy) is 1. The van der Waals surface area contributed by atoms with Crippen molar-refractivity contribution in [2.45, 2.75) is 12.5 Å². The monoisotopic (exact) mass is 174 g/mol. The topological polar surface area (TPSA) is 41.6 Å². The average molecular weight is 174 g/mol. The smallest absolute Gasteiger partial charge is 0.327 e. The van der Waals surface area contributed by atoms with E-state index in [1.165, 1.54) is 7.11 Å². The molecule has 0 amide bonds. The summed E-state index contributed by atoms with van der Waals surface area (Å²) in [6, 6.07) is 0. The second-order valence-corrected chi connectivity index (χ2v) is 3.31. The predicted octanol–water partition coefficient (Wildman–Crippen LogP) is -0.301. The van der Waals surface area contributed by atoms with Gasteiger partial charge in [-0.15, -0.1) is 0 Å². The summed E-state index contributed by atoms with van der Waals surface area (Å²) in [5.41, 5.74) is -0.613. The van der Waals surface area contributed by atoms with E-state index in [1.54, 1.807) is 7.05 Å². The number of hydrogen-bond acceptors (Lipinski definition) is 4. The summed E-state index contributed by atoms with van der Waals surface area (Å²) in [7, 11) is 6.98. The van der Waals surface area contributed by atoms with E-state index in [-0.39, 0.29) is 5.97 Å². The van der Waals surface area contributed by atoms with Crippen LogP contribution in [0.5, 0.6) is 0 Å². The highest BCUT2D eigenvalue weighted by molar-refractivity contribution is 5.80. The maximum absolute atomic E-state index is 11.3. The summed E-state index contributed by atoms with van der Waals surface area (Å²) in [4.78, 5) is 13.2. The van der Waals surface area contributed by atoms with Crippen molar-refractivity contribution in [3.05, 3.63) is 0 Å². The van der Waals surface area contributed by atoms with Crippen molar-refractivity contribution in [1.82, 2.24) is 10.2 Å². The van der Waals surface area contributed by atoms with Crippen molar-refractivity contribution in [3.63, 3.8) is 0 Å². The molecule has 0 spiro atoms. The minimum absolute atomic E-state index is 0.237. The summed E-state index contributed by atoms with van der Waals surface area (Å²) in [5, 5.41) is 2.94. The molecule has 0 aliphatic carbocycles. The Labute approximate surface area is 73.9 Å². The molecule has 1 N–H and O–H groups in total. The van der Waals surface area contributed by atoms with E-state index < -0.39 is 5.54 Å². The zero-order valence-corrected chi connectivity index (χ0v) is 8.47. The van der Waals surface area contributed by atoms with Crippen LogP contribution in [0.25, 0.3) is 0 Å². The van der Waals surface area contributed by atoms with E-state index in [0.717, 1.165) is 0 Å². The third-order valence-corrected chi connectivity index (χ3v) is 1.82. The summed E-state index contributed by atoms with van der Waals surface area (Å²) in [5.74, 6) is -0.237. The van der Waals surface area contributed by atoms with E-state index in [4.69, 9.17) is 0 Å². The normalized spacial score (nSPS) is 15.8. The highest BCUT2D eigenvalue weighted by atomic mass is 16.5. The fourth-order valence-electron chi connectivity index (χ4n) is 1.10. The van der Waals surface area contributed by atoms with Gasteiger partial charge in [0.05, 0.1) is 7.11 Å². The van der Waals surface area contributed by atoms with Crippen LogP contribution in [-0.4, -0.2) is 51.2 Å². The third kappa shape index (κ3) is 2.79. The van der Waals surface area contributed by atoms with Crippen molar-refractivity contribution in [2.75, 3.05) is 34.8 Å². The van der Waals surface area contributed by atoms with Crippen LogP contribution in [0, 0.1) is 0 Å². The zero-order chi connectivity index (χ0) is 9.78. The molecule has 0 heterocycles. The first-order valence-corrected chi connectivity index (χ1v) is 3.88. The van der Waals surface area contributed by atoms with Crippen molar-refractivity contribution >= 4 is 5.97 Å². The van der Waals surface area contributed by atoms with E-state index in [2.05, 4.69) is 10.1 Å². The van der Waals surface area contributed by atoms with Gasteiger partial charge in [0.1, 0.15) is 5.54 Å². The van der Waals surface area contributed by atoms with Crippen LogP contribution in [0.15, 0.2) is 0 Å². The van der Waals surface area contributed by atoms with Gasteiger partial charge in [0.25, 0.3) is 0 Å². The van der Waals surface area contributed by atoms with Gasteiger partial charge in [-0.2, -0.15) is 0 Å².